The Labute approximate surface area is 128 Å². The van der Waals surface area contributed by atoms with Gasteiger partial charge in [0, 0.05) is 11.0 Å². The third-order valence-corrected chi connectivity index (χ3v) is 3.67. The number of halogens is 1. The van der Waals surface area contributed by atoms with E-state index < -0.39 is 25.9 Å². The van der Waals surface area contributed by atoms with Crippen LogP contribution < -0.4 is 16.4 Å². The summed E-state index contributed by atoms with van der Waals surface area (Å²) >= 11 is 3.32. The van der Waals surface area contributed by atoms with Gasteiger partial charge in [-0.1, -0.05) is 15.9 Å². The van der Waals surface area contributed by atoms with Crippen LogP contribution in [0.25, 0.3) is 11.0 Å². The standard InChI is InChI=1S/C11H13BrN3O5P/c1-5(20-21(18)19)13-4-6-2-7(12)3-8-9(6)15-11(17)10(16)14-8/h2-3,5,13,18-19H,4H2,1H3,(H,14,16)(H,15,17)/t5-/m0/s1. The molecule has 0 saturated carbocycles. The molecule has 10 heteroatoms. The van der Waals surface area contributed by atoms with Crippen molar-refractivity contribution in [2.75, 3.05) is 0 Å². The molecular weight excluding hydrogens is 365 g/mol. The zero-order chi connectivity index (χ0) is 15.6. The van der Waals surface area contributed by atoms with Gasteiger partial charge in [-0.2, -0.15) is 0 Å². The van der Waals surface area contributed by atoms with E-state index in [1.54, 1.807) is 19.1 Å². The van der Waals surface area contributed by atoms with Crippen molar-refractivity contribution < 1.29 is 14.3 Å². The van der Waals surface area contributed by atoms with Crippen molar-refractivity contribution in [3.05, 3.63) is 42.9 Å². The topological polar surface area (TPSA) is 127 Å². The van der Waals surface area contributed by atoms with Gasteiger partial charge in [0.05, 0.1) is 11.0 Å². The minimum absolute atomic E-state index is 0.294. The molecule has 0 radical (unpaired) electrons. The van der Waals surface area contributed by atoms with Crippen LogP contribution in [-0.4, -0.2) is 26.0 Å². The second-order valence-electron chi connectivity index (χ2n) is 4.28. The zero-order valence-corrected chi connectivity index (χ0v) is 13.4. The van der Waals surface area contributed by atoms with Gasteiger partial charge in [0.15, 0.2) is 0 Å². The molecule has 1 aromatic heterocycles. The predicted molar refractivity (Wildman–Crippen MR) is 81.6 cm³/mol. The fourth-order valence-electron chi connectivity index (χ4n) is 1.83. The van der Waals surface area contributed by atoms with Crippen LogP contribution in [0.1, 0.15) is 12.5 Å². The van der Waals surface area contributed by atoms with Crippen molar-refractivity contribution in [3.63, 3.8) is 0 Å². The van der Waals surface area contributed by atoms with Crippen molar-refractivity contribution in [1.82, 2.24) is 15.3 Å². The van der Waals surface area contributed by atoms with E-state index in [4.69, 9.17) is 14.3 Å². The van der Waals surface area contributed by atoms with Gasteiger partial charge >= 0.3 is 19.7 Å². The molecule has 8 nitrogen and oxygen atoms in total. The minimum Gasteiger partial charge on any atom is -0.328 e. The summed E-state index contributed by atoms with van der Waals surface area (Å²) in [5.41, 5.74) is 0.249. The molecule has 2 aromatic rings. The Bertz CT molecular complexity index is 760. The van der Waals surface area contributed by atoms with Gasteiger partial charge in [-0.25, -0.2) is 0 Å². The van der Waals surface area contributed by atoms with E-state index >= 15 is 0 Å². The summed E-state index contributed by atoms with van der Waals surface area (Å²) in [7, 11) is -2.45. The first-order valence-electron chi connectivity index (χ1n) is 5.89. The second-order valence-corrected chi connectivity index (χ2v) is 5.91. The lowest BCUT2D eigenvalue weighted by Crippen LogP contribution is -2.30. The summed E-state index contributed by atoms with van der Waals surface area (Å²) < 4.78 is 5.51. The van der Waals surface area contributed by atoms with Crippen LogP contribution in [0.5, 0.6) is 0 Å². The van der Waals surface area contributed by atoms with Crippen LogP contribution in [0.15, 0.2) is 26.2 Å². The summed E-state index contributed by atoms with van der Waals surface area (Å²) in [5, 5.41) is 2.92. The first-order valence-corrected chi connectivity index (χ1v) is 7.85. The smallest absolute Gasteiger partial charge is 0.328 e. The summed E-state index contributed by atoms with van der Waals surface area (Å²) in [6.45, 7) is 1.91. The van der Waals surface area contributed by atoms with Crippen LogP contribution >= 0.6 is 24.5 Å². The van der Waals surface area contributed by atoms with Crippen LogP contribution in [0.4, 0.5) is 0 Å². The quantitative estimate of drug-likeness (QED) is 0.295. The first kappa shape index (κ1) is 16.3. The van der Waals surface area contributed by atoms with Gasteiger partial charge in [0.2, 0.25) is 0 Å². The second kappa shape index (κ2) is 6.78. The SMILES string of the molecule is C[C@@H](NCc1cc(Br)cc2[nH]c(=O)c(=O)[nH]c12)OP(O)O. The first-order chi connectivity index (χ1) is 9.86. The number of benzene rings is 1. The molecule has 0 fully saturated rings. The highest BCUT2D eigenvalue weighted by molar-refractivity contribution is 9.10. The Kier molecular flexibility index (Phi) is 5.26. The molecule has 2 rings (SSSR count). The zero-order valence-electron chi connectivity index (χ0n) is 10.9. The molecule has 0 aliphatic rings. The van der Waals surface area contributed by atoms with E-state index in [0.29, 0.717) is 23.1 Å². The molecule has 0 aliphatic heterocycles. The number of hydrogen-bond donors (Lipinski definition) is 5. The average molecular weight is 378 g/mol. The molecule has 0 bridgehead atoms. The molecule has 0 spiro atoms. The molecule has 1 aromatic carbocycles. The van der Waals surface area contributed by atoms with Crippen LogP contribution in [0, 0.1) is 0 Å². The largest absolute Gasteiger partial charge is 0.328 e. The number of H-pyrrole nitrogens is 2. The fourth-order valence-corrected chi connectivity index (χ4v) is 2.69. The minimum atomic E-state index is -2.45. The van der Waals surface area contributed by atoms with Crippen molar-refractivity contribution in [3.8, 4) is 0 Å². The molecule has 0 amide bonds. The molecule has 21 heavy (non-hydrogen) atoms. The normalized spacial score (nSPS) is 13.0. The molecule has 1 heterocycles. The monoisotopic (exact) mass is 377 g/mol. The number of nitrogens with one attached hydrogen (secondary N) is 3. The van der Waals surface area contributed by atoms with Crippen LogP contribution in [-0.2, 0) is 11.1 Å². The lowest BCUT2D eigenvalue weighted by atomic mass is 10.1. The Balaban J connectivity index is 2.33. The van der Waals surface area contributed by atoms with Gasteiger partial charge in [0.25, 0.3) is 0 Å². The van der Waals surface area contributed by atoms with Crippen LogP contribution in [0.3, 0.4) is 0 Å². The summed E-state index contributed by atoms with van der Waals surface area (Å²) in [6, 6.07) is 3.45. The number of aromatic amines is 2. The lowest BCUT2D eigenvalue weighted by Gasteiger charge is -2.15. The van der Waals surface area contributed by atoms with E-state index in [1.807, 2.05) is 0 Å². The van der Waals surface area contributed by atoms with Crippen molar-refractivity contribution >= 4 is 35.6 Å². The summed E-state index contributed by atoms with van der Waals surface area (Å²) in [5.74, 6) is 0. The third kappa shape index (κ3) is 4.19. The van der Waals surface area contributed by atoms with E-state index in [2.05, 4.69) is 31.2 Å². The number of rotatable bonds is 5. The van der Waals surface area contributed by atoms with Crippen molar-refractivity contribution in [2.24, 2.45) is 0 Å². The van der Waals surface area contributed by atoms with Crippen molar-refractivity contribution in [2.45, 2.75) is 19.7 Å². The van der Waals surface area contributed by atoms with E-state index in [9.17, 15) is 9.59 Å². The fraction of sp³-hybridized carbons (Fsp3) is 0.273. The molecule has 0 aliphatic carbocycles. The number of fused-ring (bicyclic) bond motifs is 1. The molecule has 0 unspecified atom stereocenters. The maximum Gasteiger partial charge on any atom is 0.328 e. The van der Waals surface area contributed by atoms with E-state index in [1.165, 1.54) is 0 Å². The highest BCUT2D eigenvalue weighted by Gasteiger charge is 2.11. The molecule has 114 valence electrons. The molecule has 5 N–H and O–H groups in total. The highest BCUT2D eigenvalue weighted by Crippen LogP contribution is 2.26. The Hall–Kier alpha value is -1.09. The molecular formula is C11H13BrN3O5P. The average Bonchev–Trinajstić information content (AvgIpc) is 2.37. The Morgan fingerprint density at radius 2 is 2.00 bits per heavy atom. The van der Waals surface area contributed by atoms with Crippen molar-refractivity contribution in [1.29, 1.82) is 0 Å². The van der Waals surface area contributed by atoms with Gasteiger partial charge in [-0.15, -0.1) is 0 Å². The highest BCUT2D eigenvalue weighted by atomic mass is 79.9. The van der Waals surface area contributed by atoms with Gasteiger partial charge in [-0.3, -0.25) is 19.4 Å². The molecule has 0 saturated heterocycles. The van der Waals surface area contributed by atoms with Gasteiger partial charge in [0.1, 0.15) is 6.23 Å². The molecule has 1 atom stereocenters. The van der Waals surface area contributed by atoms with Gasteiger partial charge in [-0.05, 0) is 24.6 Å². The summed E-state index contributed by atoms with van der Waals surface area (Å²) in [6.07, 6.45) is -0.588. The maximum absolute atomic E-state index is 11.4. The third-order valence-electron chi connectivity index (χ3n) is 2.71. The maximum atomic E-state index is 11.4. The predicted octanol–water partition coefficient (Wildman–Crippen LogP) is 0.643. The van der Waals surface area contributed by atoms with E-state index in [0.717, 1.165) is 4.47 Å². The number of hydrogen-bond acceptors (Lipinski definition) is 6. The summed E-state index contributed by atoms with van der Waals surface area (Å²) in [4.78, 5) is 45.3. The Morgan fingerprint density at radius 3 is 2.67 bits per heavy atom. The van der Waals surface area contributed by atoms with Crippen LogP contribution in [0.2, 0.25) is 0 Å². The number of aromatic nitrogens is 2. The van der Waals surface area contributed by atoms with E-state index in [-0.39, 0.29) is 0 Å². The lowest BCUT2D eigenvalue weighted by molar-refractivity contribution is 0.154. The Morgan fingerprint density at radius 1 is 1.33 bits per heavy atom. The van der Waals surface area contributed by atoms with Gasteiger partial charge < -0.3 is 19.8 Å².